The highest BCUT2D eigenvalue weighted by Crippen LogP contribution is 2.35. The molecule has 1 aromatic heterocycles. The maximum absolute atomic E-state index is 5.80. The van der Waals surface area contributed by atoms with Crippen molar-refractivity contribution >= 4 is 0 Å². The fourth-order valence-electron chi connectivity index (χ4n) is 2.98. The molecule has 0 radical (unpaired) electrons. The molecule has 0 amide bonds. The van der Waals surface area contributed by atoms with Crippen LogP contribution in [0, 0.1) is 20.8 Å². The molecule has 0 aliphatic heterocycles. The van der Waals surface area contributed by atoms with Crippen LogP contribution < -0.4 is 5.32 Å². The molecule has 0 aromatic carbocycles. The van der Waals surface area contributed by atoms with Crippen LogP contribution in [0.25, 0.3) is 0 Å². The monoisotopic (exact) mass is 247 g/mol. The highest BCUT2D eigenvalue weighted by Gasteiger charge is 2.24. The van der Waals surface area contributed by atoms with Crippen LogP contribution in [0.3, 0.4) is 0 Å². The van der Waals surface area contributed by atoms with E-state index in [-0.39, 0.29) is 0 Å². The molecule has 1 aliphatic rings. The molecule has 1 unspecified atom stereocenters. The predicted octanol–water partition coefficient (Wildman–Crippen LogP) is 4.36. The van der Waals surface area contributed by atoms with E-state index < -0.39 is 0 Å². The number of aryl methyl sites for hydroxylation is 2. The molecule has 1 atom stereocenters. The molecular weight excluding hydrogens is 222 g/mol. The Kier molecular flexibility index (Phi) is 4.28. The minimum absolute atomic E-state index is 0.354. The van der Waals surface area contributed by atoms with Crippen LogP contribution in [0.4, 0.5) is 0 Å². The van der Waals surface area contributed by atoms with Crippen molar-refractivity contribution < 1.29 is 4.42 Å². The zero-order valence-electron chi connectivity index (χ0n) is 12.1. The Labute approximate surface area is 110 Å². The summed E-state index contributed by atoms with van der Waals surface area (Å²) in [6.45, 7) is 9.49. The first-order valence-electron chi connectivity index (χ1n) is 7.14. The second-order valence-electron chi connectivity index (χ2n) is 5.27. The van der Waals surface area contributed by atoms with Crippen LogP contribution in [0.5, 0.6) is 0 Å². The summed E-state index contributed by atoms with van der Waals surface area (Å²) in [5.41, 5.74) is 4.22. The summed E-state index contributed by atoms with van der Waals surface area (Å²) in [7, 11) is 0. The van der Waals surface area contributed by atoms with Crippen molar-refractivity contribution in [2.45, 2.75) is 59.4 Å². The van der Waals surface area contributed by atoms with Gasteiger partial charge in [-0.1, -0.05) is 18.6 Å². The Morgan fingerprint density at radius 2 is 2.00 bits per heavy atom. The van der Waals surface area contributed by atoms with E-state index in [4.69, 9.17) is 4.42 Å². The molecule has 0 spiro atoms. The SMILES string of the molecule is CCNC(C1=CCCCC1)c1c(C)oc(C)c1C. The third kappa shape index (κ3) is 2.54. The first-order chi connectivity index (χ1) is 8.65. The van der Waals surface area contributed by atoms with Gasteiger partial charge in [-0.3, -0.25) is 0 Å². The number of allylic oxidation sites excluding steroid dienone is 1. The zero-order chi connectivity index (χ0) is 13.1. The van der Waals surface area contributed by atoms with Crippen LogP contribution in [0.15, 0.2) is 16.1 Å². The van der Waals surface area contributed by atoms with Crippen molar-refractivity contribution in [2.75, 3.05) is 6.54 Å². The molecule has 2 heteroatoms. The van der Waals surface area contributed by atoms with E-state index in [0.717, 1.165) is 18.1 Å². The topological polar surface area (TPSA) is 25.2 Å². The van der Waals surface area contributed by atoms with E-state index in [1.54, 1.807) is 5.57 Å². The minimum Gasteiger partial charge on any atom is -0.466 e. The first kappa shape index (κ1) is 13.4. The molecule has 0 fully saturated rings. The molecule has 0 saturated heterocycles. The zero-order valence-corrected chi connectivity index (χ0v) is 12.1. The minimum atomic E-state index is 0.354. The number of nitrogens with one attached hydrogen (secondary N) is 1. The summed E-state index contributed by atoms with van der Waals surface area (Å²) in [4.78, 5) is 0. The third-order valence-corrected chi connectivity index (χ3v) is 4.01. The van der Waals surface area contributed by atoms with Gasteiger partial charge in [0.15, 0.2) is 0 Å². The average molecular weight is 247 g/mol. The van der Waals surface area contributed by atoms with Crippen molar-refractivity contribution in [1.82, 2.24) is 5.32 Å². The molecule has 2 rings (SSSR count). The maximum atomic E-state index is 5.80. The Balaban J connectivity index is 2.37. The quantitative estimate of drug-likeness (QED) is 0.800. The van der Waals surface area contributed by atoms with Gasteiger partial charge >= 0.3 is 0 Å². The Morgan fingerprint density at radius 3 is 2.50 bits per heavy atom. The van der Waals surface area contributed by atoms with Gasteiger partial charge in [0, 0.05) is 5.56 Å². The Bertz CT molecular complexity index is 442. The average Bonchev–Trinajstić information content (AvgIpc) is 2.62. The number of hydrogen-bond donors (Lipinski definition) is 1. The molecule has 100 valence electrons. The summed E-state index contributed by atoms with van der Waals surface area (Å²) >= 11 is 0. The lowest BCUT2D eigenvalue weighted by molar-refractivity contribution is 0.490. The highest BCUT2D eigenvalue weighted by molar-refractivity contribution is 5.39. The van der Waals surface area contributed by atoms with E-state index in [1.807, 2.05) is 0 Å². The van der Waals surface area contributed by atoms with E-state index in [9.17, 15) is 0 Å². The fraction of sp³-hybridized carbons (Fsp3) is 0.625. The number of hydrogen-bond acceptors (Lipinski definition) is 2. The predicted molar refractivity (Wildman–Crippen MR) is 75.9 cm³/mol. The van der Waals surface area contributed by atoms with Gasteiger partial charge in [0.2, 0.25) is 0 Å². The maximum Gasteiger partial charge on any atom is 0.106 e. The first-order valence-corrected chi connectivity index (χ1v) is 7.14. The lowest BCUT2D eigenvalue weighted by Gasteiger charge is -2.24. The van der Waals surface area contributed by atoms with E-state index in [2.05, 4.69) is 39.1 Å². The lowest BCUT2D eigenvalue weighted by Crippen LogP contribution is -2.24. The van der Waals surface area contributed by atoms with Gasteiger partial charge in [-0.2, -0.15) is 0 Å². The molecule has 1 aliphatic carbocycles. The second-order valence-corrected chi connectivity index (χ2v) is 5.27. The van der Waals surface area contributed by atoms with Crippen LogP contribution in [0.2, 0.25) is 0 Å². The molecule has 18 heavy (non-hydrogen) atoms. The summed E-state index contributed by atoms with van der Waals surface area (Å²) in [5, 5.41) is 3.64. The fourth-order valence-corrected chi connectivity index (χ4v) is 2.98. The van der Waals surface area contributed by atoms with Gasteiger partial charge in [-0.25, -0.2) is 0 Å². The van der Waals surface area contributed by atoms with Gasteiger partial charge in [-0.05, 0) is 58.6 Å². The van der Waals surface area contributed by atoms with E-state index in [0.29, 0.717) is 6.04 Å². The van der Waals surface area contributed by atoms with Crippen LogP contribution in [0.1, 0.15) is 61.3 Å². The van der Waals surface area contributed by atoms with Crippen LogP contribution in [-0.4, -0.2) is 6.54 Å². The summed E-state index contributed by atoms with van der Waals surface area (Å²) in [6.07, 6.45) is 7.54. The van der Waals surface area contributed by atoms with Gasteiger partial charge in [0.25, 0.3) is 0 Å². The third-order valence-electron chi connectivity index (χ3n) is 4.01. The van der Waals surface area contributed by atoms with Crippen molar-refractivity contribution in [3.05, 3.63) is 34.3 Å². The molecule has 1 heterocycles. The number of furan rings is 1. The van der Waals surface area contributed by atoms with Gasteiger partial charge < -0.3 is 9.73 Å². The summed E-state index contributed by atoms with van der Waals surface area (Å²) in [6, 6.07) is 0.354. The van der Waals surface area contributed by atoms with E-state index in [1.165, 1.54) is 36.8 Å². The standard InChI is InChI=1S/C16H25NO/c1-5-17-16(14-9-7-6-8-10-14)15-11(2)12(3)18-13(15)4/h9,16-17H,5-8,10H2,1-4H3. The van der Waals surface area contributed by atoms with Gasteiger partial charge in [-0.15, -0.1) is 0 Å². The highest BCUT2D eigenvalue weighted by atomic mass is 16.3. The van der Waals surface area contributed by atoms with Crippen molar-refractivity contribution in [3.63, 3.8) is 0 Å². The van der Waals surface area contributed by atoms with Crippen molar-refractivity contribution in [1.29, 1.82) is 0 Å². The molecule has 2 nitrogen and oxygen atoms in total. The molecule has 0 saturated carbocycles. The molecular formula is C16H25NO. The van der Waals surface area contributed by atoms with Crippen LogP contribution >= 0.6 is 0 Å². The number of likely N-dealkylation sites (N-methyl/N-ethyl adjacent to an activating group) is 1. The van der Waals surface area contributed by atoms with E-state index >= 15 is 0 Å². The lowest BCUT2D eigenvalue weighted by atomic mass is 9.88. The largest absolute Gasteiger partial charge is 0.466 e. The number of rotatable bonds is 4. The van der Waals surface area contributed by atoms with Crippen molar-refractivity contribution in [3.8, 4) is 0 Å². The molecule has 1 N–H and O–H groups in total. The summed E-state index contributed by atoms with van der Waals surface area (Å²) < 4.78 is 5.80. The second kappa shape index (κ2) is 5.75. The summed E-state index contributed by atoms with van der Waals surface area (Å²) in [5.74, 6) is 2.13. The Morgan fingerprint density at radius 1 is 1.22 bits per heavy atom. The van der Waals surface area contributed by atoms with Gasteiger partial charge in [0.05, 0.1) is 6.04 Å². The Hall–Kier alpha value is -1.02. The van der Waals surface area contributed by atoms with Crippen LogP contribution in [-0.2, 0) is 0 Å². The molecule has 1 aromatic rings. The normalized spacial score (nSPS) is 17.7. The smallest absolute Gasteiger partial charge is 0.106 e. The van der Waals surface area contributed by atoms with Crippen molar-refractivity contribution in [2.24, 2.45) is 0 Å². The van der Waals surface area contributed by atoms with Gasteiger partial charge in [0.1, 0.15) is 11.5 Å². The molecule has 0 bridgehead atoms.